The van der Waals surface area contributed by atoms with Crippen LogP contribution in [0.2, 0.25) is 0 Å². The predicted octanol–water partition coefficient (Wildman–Crippen LogP) is 3.70. The maximum Gasteiger partial charge on any atom is 0.411 e. The second kappa shape index (κ2) is 5.56. The Hall–Kier alpha value is -1.36. The van der Waals surface area contributed by atoms with Crippen molar-refractivity contribution >= 4 is 27.8 Å². The minimum absolute atomic E-state index is 0.0591. The summed E-state index contributed by atoms with van der Waals surface area (Å²) in [5, 5.41) is 0. The number of amides is 1. The van der Waals surface area contributed by atoms with Crippen LogP contribution in [-0.4, -0.2) is 28.9 Å². The van der Waals surface area contributed by atoms with Crippen LogP contribution in [0, 0.1) is 0 Å². The third-order valence-electron chi connectivity index (χ3n) is 3.03. The van der Waals surface area contributed by atoms with Gasteiger partial charge in [-0.25, -0.2) is 4.79 Å². The predicted molar refractivity (Wildman–Crippen MR) is 79.4 cm³/mol. The Bertz CT molecular complexity index is 519. The molecule has 1 heterocycles. The molecule has 1 aliphatic heterocycles. The number of benzene rings is 1. The molecule has 0 radical (unpaired) electrons. The molecule has 0 saturated carbocycles. The van der Waals surface area contributed by atoms with Gasteiger partial charge in [-0.15, -0.1) is 0 Å². The number of hydrogen-bond donors (Lipinski definition) is 0. The van der Waals surface area contributed by atoms with Crippen LogP contribution in [0.25, 0.3) is 0 Å². The van der Waals surface area contributed by atoms with Gasteiger partial charge in [0.2, 0.25) is 0 Å². The Labute approximate surface area is 127 Å². The van der Waals surface area contributed by atoms with Gasteiger partial charge in [-0.3, -0.25) is 9.69 Å². The standard InChI is InChI=1S/C15H18BrNO3/c1-15(2,3)20-14(19)17-9-12(18)8-13(17)10-4-6-11(16)7-5-10/h4-7,13H,8-9H2,1-3H3. The molecular formula is C15H18BrNO3. The van der Waals surface area contributed by atoms with Crippen molar-refractivity contribution in [3.63, 3.8) is 0 Å². The van der Waals surface area contributed by atoms with Crippen LogP contribution in [0.5, 0.6) is 0 Å². The fraction of sp³-hybridized carbons (Fsp3) is 0.467. The summed E-state index contributed by atoms with van der Waals surface area (Å²) >= 11 is 3.38. The Morgan fingerprint density at radius 1 is 1.30 bits per heavy atom. The highest BCUT2D eigenvalue weighted by Gasteiger charge is 2.37. The molecule has 0 bridgehead atoms. The number of ketones is 1. The topological polar surface area (TPSA) is 46.6 Å². The van der Waals surface area contributed by atoms with Gasteiger partial charge in [0, 0.05) is 10.9 Å². The minimum Gasteiger partial charge on any atom is -0.444 e. The van der Waals surface area contributed by atoms with Gasteiger partial charge < -0.3 is 4.74 Å². The van der Waals surface area contributed by atoms with E-state index in [1.807, 2.05) is 45.0 Å². The summed E-state index contributed by atoms with van der Waals surface area (Å²) < 4.78 is 6.34. The van der Waals surface area contributed by atoms with Crippen molar-refractivity contribution in [2.75, 3.05) is 6.54 Å². The Balaban J connectivity index is 2.20. The summed E-state index contributed by atoms with van der Waals surface area (Å²) in [5.74, 6) is 0.0591. The normalized spacial score (nSPS) is 19.3. The van der Waals surface area contributed by atoms with Crippen molar-refractivity contribution in [1.82, 2.24) is 4.90 Å². The molecule has 1 saturated heterocycles. The Morgan fingerprint density at radius 3 is 2.45 bits per heavy atom. The molecule has 0 spiro atoms. The largest absolute Gasteiger partial charge is 0.444 e. The van der Waals surface area contributed by atoms with E-state index in [1.165, 1.54) is 4.90 Å². The van der Waals surface area contributed by atoms with E-state index in [-0.39, 0.29) is 18.4 Å². The van der Waals surface area contributed by atoms with Crippen LogP contribution in [0.1, 0.15) is 38.8 Å². The Kier molecular flexibility index (Phi) is 4.18. The van der Waals surface area contributed by atoms with Gasteiger partial charge in [-0.2, -0.15) is 0 Å². The van der Waals surface area contributed by atoms with Crippen molar-refractivity contribution in [3.8, 4) is 0 Å². The van der Waals surface area contributed by atoms with E-state index >= 15 is 0 Å². The number of halogens is 1. The average molecular weight is 340 g/mol. The first-order chi connectivity index (χ1) is 9.26. The number of rotatable bonds is 1. The Morgan fingerprint density at radius 2 is 1.90 bits per heavy atom. The lowest BCUT2D eigenvalue weighted by molar-refractivity contribution is -0.117. The third-order valence-corrected chi connectivity index (χ3v) is 3.56. The molecule has 20 heavy (non-hydrogen) atoms. The number of likely N-dealkylation sites (tertiary alicyclic amines) is 1. The fourth-order valence-corrected chi connectivity index (χ4v) is 2.45. The van der Waals surface area contributed by atoms with Crippen molar-refractivity contribution in [3.05, 3.63) is 34.3 Å². The second-order valence-electron chi connectivity index (χ2n) is 5.92. The summed E-state index contributed by atoms with van der Waals surface area (Å²) in [4.78, 5) is 25.4. The van der Waals surface area contributed by atoms with Crippen molar-refractivity contribution in [1.29, 1.82) is 0 Å². The lowest BCUT2D eigenvalue weighted by Gasteiger charge is -2.28. The summed E-state index contributed by atoms with van der Waals surface area (Å²) in [6, 6.07) is 7.43. The van der Waals surface area contributed by atoms with Crippen LogP contribution < -0.4 is 0 Å². The zero-order valence-corrected chi connectivity index (χ0v) is 13.4. The smallest absolute Gasteiger partial charge is 0.411 e. The van der Waals surface area contributed by atoms with Crippen LogP contribution in [0.15, 0.2) is 28.7 Å². The molecule has 1 aromatic carbocycles. The lowest BCUT2D eigenvalue weighted by Crippen LogP contribution is -2.36. The molecular weight excluding hydrogens is 322 g/mol. The highest BCUT2D eigenvalue weighted by molar-refractivity contribution is 9.10. The van der Waals surface area contributed by atoms with Gasteiger partial charge in [0.1, 0.15) is 5.60 Å². The average Bonchev–Trinajstić information content (AvgIpc) is 2.70. The van der Waals surface area contributed by atoms with E-state index in [1.54, 1.807) is 0 Å². The number of nitrogens with zero attached hydrogens (tertiary/aromatic N) is 1. The number of carbonyl (C=O) groups excluding carboxylic acids is 2. The molecule has 1 atom stereocenters. The first-order valence-corrected chi connectivity index (χ1v) is 7.32. The van der Waals surface area contributed by atoms with Crippen molar-refractivity contribution in [2.24, 2.45) is 0 Å². The second-order valence-corrected chi connectivity index (χ2v) is 6.83. The van der Waals surface area contributed by atoms with E-state index in [4.69, 9.17) is 4.74 Å². The molecule has 1 fully saturated rings. The molecule has 0 N–H and O–H groups in total. The van der Waals surface area contributed by atoms with E-state index in [9.17, 15) is 9.59 Å². The summed E-state index contributed by atoms with van der Waals surface area (Å²) in [6.07, 6.45) is -0.0859. The maximum absolute atomic E-state index is 12.2. The quantitative estimate of drug-likeness (QED) is 0.783. The number of hydrogen-bond acceptors (Lipinski definition) is 3. The molecule has 108 valence electrons. The van der Waals surface area contributed by atoms with Gasteiger partial charge in [0.15, 0.2) is 5.78 Å². The minimum atomic E-state index is -0.563. The number of carbonyl (C=O) groups is 2. The van der Waals surface area contributed by atoms with E-state index in [0.29, 0.717) is 6.42 Å². The third kappa shape index (κ3) is 3.60. The van der Waals surface area contributed by atoms with E-state index in [0.717, 1.165) is 10.0 Å². The molecule has 1 aliphatic rings. The van der Waals surface area contributed by atoms with Gasteiger partial charge >= 0.3 is 6.09 Å². The van der Waals surface area contributed by atoms with E-state index in [2.05, 4.69) is 15.9 Å². The van der Waals surface area contributed by atoms with Crippen LogP contribution in [-0.2, 0) is 9.53 Å². The monoisotopic (exact) mass is 339 g/mol. The first kappa shape index (κ1) is 15.0. The molecule has 5 heteroatoms. The number of Topliss-reactive ketones (excluding diaryl/α,β-unsaturated/α-hetero) is 1. The van der Waals surface area contributed by atoms with Crippen molar-refractivity contribution in [2.45, 2.75) is 38.8 Å². The van der Waals surface area contributed by atoms with Gasteiger partial charge in [-0.05, 0) is 38.5 Å². The van der Waals surface area contributed by atoms with Crippen LogP contribution in [0.3, 0.4) is 0 Å². The SMILES string of the molecule is CC(C)(C)OC(=O)N1CC(=O)CC1c1ccc(Br)cc1. The van der Waals surface area contributed by atoms with Crippen LogP contribution in [0.4, 0.5) is 4.79 Å². The van der Waals surface area contributed by atoms with Gasteiger partial charge in [0.05, 0.1) is 12.6 Å². The van der Waals surface area contributed by atoms with Crippen LogP contribution >= 0.6 is 15.9 Å². The zero-order valence-electron chi connectivity index (χ0n) is 11.9. The first-order valence-electron chi connectivity index (χ1n) is 6.53. The summed E-state index contributed by atoms with van der Waals surface area (Å²) in [5.41, 5.74) is 0.386. The van der Waals surface area contributed by atoms with Gasteiger partial charge in [0.25, 0.3) is 0 Å². The molecule has 1 unspecified atom stereocenters. The van der Waals surface area contributed by atoms with Crippen molar-refractivity contribution < 1.29 is 14.3 Å². The lowest BCUT2D eigenvalue weighted by atomic mass is 10.0. The summed E-state index contributed by atoms with van der Waals surface area (Å²) in [7, 11) is 0. The van der Waals surface area contributed by atoms with E-state index < -0.39 is 11.7 Å². The zero-order chi connectivity index (χ0) is 14.9. The number of ether oxygens (including phenoxy) is 1. The summed E-state index contributed by atoms with van der Waals surface area (Å²) in [6.45, 7) is 5.57. The van der Waals surface area contributed by atoms with Gasteiger partial charge in [-0.1, -0.05) is 28.1 Å². The highest BCUT2D eigenvalue weighted by atomic mass is 79.9. The molecule has 1 amide bonds. The highest BCUT2D eigenvalue weighted by Crippen LogP contribution is 2.32. The molecule has 2 rings (SSSR count). The molecule has 4 nitrogen and oxygen atoms in total. The maximum atomic E-state index is 12.2. The molecule has 0 aliphatic carbocycles. The fourth-order valence-electron chi connectivity index (χ4n) is 2.19. The molecule has 1 aromatic rings. The molecule has 0 aromatic heterocycles.